The van der Waals surface area contributed by atoms with Crippen LogP contribution in [0.15, 0.2) is 55.0 Å². The molecule has 0 aliphatic heterocycles. The Morgan fingerprint density at radius 1 is 1.12 bits per heavy atom. The number of aliphatic hydroxyl groups excluding tert-OH is 1. The Balaban J connectivity index is 1.81. The minimum absolute atomic E-state index is 0.113. The Labute approximate surface area is 194 Å². The summed E-state index contributed by atoms with van der Waals surface area (Å²) in [7, 11) is 3.20. The molecule has 0 aliphatic carbocycles. The number of aliphatic hydroxyl groups is 1. The van der Waals surface area contributed by atoms with E-state index >= 15 is 0 Å². The standard InChI is InChI=1S/C26H32N2O5/c1-18-23(32-2)12-21(13-24(18)33-3)26(31)20(11-7-10-19-8-5-4-6-9-19)15-28-16-22(27-17-28)14-25(29)30/h4-6,8-9,12-13,16-17,20,26,31H,7,10-11,14-15H2,1-3H3,(H,29,30)/t20-,26?/m1/s1. The number of carbonyl (C=O) groups is 1. The van der Waals surface area contributed by atoms with E-state index in [0.29, 0.717) is 23.7 Å². The van der Waals surface area contributed by atoms with Crippen molar-refractivity contribution in [1.29, 1.82) is 0 Å². The molecular weight excluding hydrogens is 420 g/mol. The molecule has 176 valence electrons. The Hall–Kier alpha value is -3.32. The van der Waals surface area contributed by atoms with Gasteiger partial charge in [0.1, 0.15) is 11.5 Å². The lowest BCUT2D eigenvalue weighted by Gasteiger charge is -2.25. The van der Waals surface area contributed by atoms with Crippen molar-refractivity contribution in [3.8, 4) is 11.5 Å². The van der Waals surface area contributed by atoms with E-state index < -0.39 is 12.1 Å². The van der Waals surface area contributed by atoms with Crippen molar-refractivity contribution in [2.75, 3.05) is 14.2 Å². The highest BCUT2D eigenvalue weighted by Gasteiger charge is 2.24. The van der Waals surface area contributed by atoms with Gasteiger partial charge in [0, 0.05) is 24.2 Å². The molecule has 0 saturated heterocycles. The normalized spacial score (nSPS) is 12.8. The van der Waals surface area contributed by atoms with E-state index in [2.05, 4.69) is 17.1 Å². The van der Waals surface area contributed by atoms with Gasteiger partial charge in [0.2, 0.25) is 0 Å². The van der Waals surface area contributed by atoms with Crippen molar-refractivity contribution < 1.29 is 24.5 Å². The predicted molar refractivity (Wildman–Crippen MR) is 126 cm³/mol. The monoisotopic (exact) mass is 452 g/mol. The average Bonchev–Trinajstić information content (AvgIpc) is 3.24. The Morgan fingerprint density at radius 3 is 2.39 bits per heavy atom. The molecule has 3 rings (SSSR count). The quantitative estimate of drug-likeness (QED) is 0.428. The van der Waals surface area contributed by atoms with Crippen LogP contribution in [-0.4, -0.2) is 40.0 Å². The number of methoxy groups -OCH3 is 2. The number of carboxylic acids is 1. The van der Waals surface area contributed by atoms with Crippen LogP contribution < -0.4 is 9.47 Å². The summed E-state index contributed by atoms with van der Waals surface area (Å²) in [6.07, 6.45) is 5.09. The smallest absolute Gasteiger partial charge is 0.309 e. The van der Waals surface area contributed by atoms with Gasteiger partial charge in [-0.05, 0) is 49.4 Å². The molecule has 7 nitrogen and oxygen atoms in total. The third-order valence-corrected chi connectivity index (χ3v) is 5.91. The highest BCUT2D eigenvalue weighted by molar-refractivity contribution is 5.69. The number of aromatic nitrogens is 2. The molecule has 33 heavy (non-hydrogen) atoms. The van der Waals surface area contributed by atoms with Crippen LogP contribution in [-0.2, 0) is 24.2 Å². The van der Waals surface area contributed by atoms with E-state index in [9.17, 15) is 9.90 Å². The zero-order valence-corrected chi connectivity index (χ0v) is 19.4. The van der Waals surface area contributed by atoms with E-state index in [0.717, 1.165) is 30.4 Å². The number of carboxylic acid groups (broad SMARTS) is 1. The summed E-state index contributed by atoms with van der Waals surface area (Å²) < 4.78 is 12.8. The number of hydrogen-bond acceptors (Lipinski definition) is 5. The Kier molecular flexibility index (Phi) is 8.49. The third-order valence-electron chi connectivity index (χ3n) is 5.91. The summed E-state index contributed by atoms with van der Waals surface area (Å²) in [5.41, 5.74) is 3.36. The summed E-state index contributed by atoms with van der Waals surface area (Å²) >= 11 is 0. The van der Waals surface area contributed by atoms with Gasteiger partial charge in [-0.15, -0.1) is 0 Å². The zero-order valence-electron chi connectivity index (χ0n) is 19.4. The van der Waals surface area contributed by atoms with Crippen molar-refractivity contribution in [1.82, 2.24) is 9.55 Å². The molecule has 0 radical (unpaired) electrons. The maximum atomic E-state index is 11.4. The fourth-order valence-corrected chi connectivity index (χ4v) is 4.13. The van der Waals surface area contributed by atoms with Crippen LogP contribution in [0.3, 0.4) is 0 Å². The van der Waals surface area contributed by atoms with Crippen molar-refractivity contribution in [3.63, 3.8) is 0 Å². The van der Waals surface area contributed by atoms with Crippen molar-refractivity contribution in [2.24, 2.45) is 5.92 Å². The van der Waals surface area contributed by atoms with E-state index in [1.54, 1.807) is 26.7 Å². The summed E-state index contributed by atoms with van der Waals surface area (Å²) in [4.78, 5) is 15.2. The molecule has 0 bridgehead atoms. The fraction of sp³-hybridized carbons (Fsp3) is 0.385. The lowest BCUT2D eigenvalue weighted by molar-refractivity contribution is -0.136. The predicted octanol–water partition coefficient (Wildman–Crippen LogP) is 4.21. The molecular formula is C26H32N2O5. The molecule has 0 fully saturated rings. The molecule has 0 saturated carbocycles. The summed E-state index contributed by atoms with van der Waals surface area (Å²) in [6, 6.07) is 14.0. The molecule has 3 aromatic rings. The number of nitrogens with zero attached hydrogens (tertiary/aromatic N) is 2. The average molecular weight is 453 g/mol. The van der Waals surface area contributed by atoms with E-state index in [-0.39, 0.29) is 12.3 Å². The van der Waals surface area contributed by atoms with Gasteiger partial charge in [0.25, 0.3) is 0 Å². The van der Waals surface area contributed by atoms with Gasteiger partial charge in [-0.2, -0.15) is 0 Å². The van der Waals surface area contributed by atoms with Gasteiger partial charge in [0.15, 0.2) is 0 Å². The second kappa shape index (κ2) is 11.5. The molecule has 0 aliphatic rings. The largest absolute Gasteiger partial charge is 0.496 e. The van der Waals surface area contributed by atoms with Gasteiger partial charge in [-0.1, -0.05) is 30.3 Å². The number of rotatable bonds is 12. The first-order valence-electron chi connectivity index (χ1n) is 11.1. The third kappa shape index (κ3) is 6.58. The molecule has 7 heteroatoms. The topological polar surface area (TPSA) is 93.8 Å². The van der Waals surface area contributed by atoms with Gasteiger partial charge in [-0.25, -0.2) is 4.98 Å². The van der Waals surface area contributed by atoms with E-state index in [1.807, 2.05) is 41.8 Å². The molecule has 2 aromatic carbocycles. The van der Waals surface area contributed by atoms with Crippen LogP contribution in [0.4, 0.5) is 0 Å². The maximum Gasteiger partial charge on any atom is 0.309 e. The first kappa shape index (κ1) is 24.3. The van der Waals surface area contributed by atoms with Gasteiger partial charge < -0.3 is 24.3 Å². The summed E-state index contributed by atoms with van der Waals surface area (Å²) in [6.45, 7) is 2.43. The highest BCUT2D eigenvalue weighted by Crippen LogP contribution is 2.36. The van der Waals surface area contributed by atoms with Crippen LogP contribution in [0.25, 0.3) is 0 Å². The molecule has 0 spiro atoms. The van der Waals surface area contributed by atoms with Gasteiger partial charge in [0.05, 0.1) is 38.8 Å². The van der Waals surface area contributed by atoms with Crippen molar-refractivity contribution in [2.45, 2.75) is 45.3 Å². The Bertz CT molecular complexity index is 1020. The maximum absolute atomic E-state index is 11.4. The summed E-state index contributed by atoms with van der Waals surface area (Å²) in [5, 5.41) is 20.4. The molecule has 0 amide bonds. The molecule has 1 heterocycles. The number of ether oxygens (including phenoxy) is 2. The van der Waals surface area contributed by atoms with Crippen molar-refractivity contribution >= 4 is 5.97 Å². The minimum atomic E-state index is -0.918. The number of hydrogen-bond donors (Lipinski definition) is 2. The fourth-order valence-electron chi connectivity index (χ4n) is 4.13. The number of aryl methyl sites for hydroxylation is 1. The molecule has 1 unspecified atom stereocenters. The number of imidazole rings is 1. The second-order valence-corrected chi connectivity index (χ2v) is 8.27. The number of benzene rings is 2. The highest BCUT2D eigenvalue weighted by atomic mass is 16.5. The van der Waals surface area contributed by atoms with E-state index in [4.69, 9.17) is 14.6 Å². The van der Waals surface area contributed by atoms with Crippen LogP contribution in [0.5, 0.6) is 11.5 Å². The molecule has 2 atom stereocenters. The lowest BCUT2D eigenvalue weighted by Crippen LogP contribution is -2.19. The minimum Gasteiger partial charge on any atom is -0.496 e. The Morgan fingerprint density at radius 2 is 1.79 bits per heavy atom. The van der Waals surface area contributed by atoms with Crippen LogP contribution in [0.1, 0.15) is 41.3 Å². The molecule has 2 N–H and O–H groups in total. The lowest BCUT2D eigenvalue weighted by atomic mass is 9.89. The molecule has 1 aromatic heterocycles. The summed E-state index contributed by atoms with van der Waals surface area (Å²) in [5.74, 6) is 0.298. The number of aliphatic carboxylic acids is 1. The van der Waals surface area contributed by atoms with Crippen LogP contribution >= 0.6 is 0 Å². The second-order valence-electron chi connectivity index (χ2n) is 8.27. The zero-order chi connectivity index (χ0) is 23.8. The van der Waals surface area contributed by atoms with Crippen molar-refractivity contribution in [3.05, 3.63) is 77.4 Å². The van der Waals surface area contributed by atoms with Crippen LogP contribution in [0.2, 0.25) is 0 Å². The first-order valence-corrected chi connectivity index (χ1v) is 11.1. The van der Waals surface area contributed by atoms with Crippen LogP contribution in [0, 0.1) is 12.8 Å². The SMILES string of the molecule is COc1cc(C(O)[C@H](CCCc2ccccc2)Cn2cnc(CC(=O)O)c2)cc(OC)c1C. The first-order chi connectivity index (χ1) is 15.9. The van der Waals surface area contributed by atoms with Gasteiger partial charge in [-0.3, -0.25) is 4.79 Å². The van der Waals surface area contributed by atoms with E-state index in [1.165, 1.54) is 5.56 Å². The van der Waals surface area contributed by atoms with Gasteiger partial charge >= 0.3 is 5.97 Å².